The fourth-order valence-electron chi connectivity index (χ4n) is 3.31. The summed E-state index contributed by atoms with van der Waals surface area (Å²) < 4.78 is 29.3. The van der Waals surface area contributed by atoms with E-state index in [2.05, 4.69) is 5.48 Å². The van der Waals surface area contributed by atoms with Crippen molar-refractivity contribution in [1.82, 2.24) is 10.4 Å². The van der Waals surface area contributed by atoms with Gasteiger partial charge in [0.2, 0.25) is 5.91 Å². The molecule has 1 amide bonds. The molecule has 31 heavy (non-hydrogen) atoms. The van der Waals surface area contributed by atoms with Crippen LogP contribution in [0.5, 0.6) is 0 Å². The summed E-state index contributed by atoms with van der Waals surface area (Å²) >= 11 is 0. The number of allylic oxidation sites excluding steroid dienone is 2. The van der Waals surface area contributed by atoms with E-state index in [9.17, 15) is 13.6 Å². The summed E-state index contributed by atoms with van der Waals surface area (Å²) in [5.74, 6) is -1.93. The van der Waals surface area contributed by atoms with E-state index in [1.807, 2.05) is 35.4 Å². The van der Waals surface area contributed by atoms with E-state index in [0.717, 1.165) is 11.1 Å². The molecule has 1 atom stereocenters. The van der Waals surface area contributed by atoms with Crippen LogP contribution in [-0.2, 0) is 16.2 Å². The Hall–Kier alpha value is -3.52. The first kappa shape index (κ1) is 22.2. The number of hydrogen-bond acceptors (Lipinski definition) is 4. The van der Waals surface area contributed by atoms with Crippen LogP contribution >= 0.6 is 0 Å². The quantitative estimate of drug-likeness (QED) is 0.357. The lowest BCUT2D eigenvalue weighted by Gasteiger charge is -2.25. The summed E-state index contributed by atoms with van der Waals surface area (Å²) in [5.41, 5.74) is 10.2. The van der Waals surface area contributed by atoms with Crippen molar-refractivity contribution in [3.63, 3.8) is 0 Å². The Balaban J connectivity index is 1.72. The van der Waals surface area contributed by atoms with Crippen LogP contribution in [0, 0.1) is 17.0 Å². The smallest absolute Gasteiger partial charge is 0.240 e. The lowest BCUT2D eigenvalue weighted by Crippen LogP contribution is -2.23. The topological polar surface area (TPSA) is 91.4 Å². The lowest BCUT2D eigenvalue weighted by molar-refractivity contribution is -0.135. The van der Waals surface area contributed by atoms with Gasteiger partial charge in [-0.25, -0.2) is 14.3 Å². The van der Waals surface area contributed by atoms with Gasteiger partial charge in [-0.1, -0.05) is 30.3 Å². The van der Waals surface area contributed by atoms with Crippen molar-refractivity contribution >= 4 is 17.3 Å². The highest BCUT2D eigenvalue weighted by molar-refractivity contribution is 5.94. The van der Waals surface area contributed by atoms with Crippen LogP contribution in [0.15, 0.2) is 54.8 Å². The minimum absolute atomic E-state index is 0.0129. The van der Waals surface area contributed by atoms with E-state index in [0.29, 0.717) is 24.2 Å². The Morgan fingerprint density at radius 3 is 2.48 bits per heavy atom. The lowest BCUT2D eigenvalue weighted by atomic mass is 9.99. The molecule has 0 fully saturated rings. The Morgan fingerprint density at radius 2 is 1.90 bits per heavy atom. The average molecular weight is 426 g/mol. The van der Waals surface area contributed by atoms with E-state index in [1.165, 1.54) is 26.0 Å². The van der Waals surface area contributed by atoms with Crippen molar-refractivity contribution in [1.29, 1.82) is 5.41 Å². The van der Waals surface area contributed by atoms with Gasteiger partial charge in [0.1, 0.15) is 23.6 Å². The summed E-state index contributed by atoms with van der Waals surface area (Å²) in [6.45, 7) is 3.77. The number of amides is 1. The number of benzene rings is 2. The van der Waals surface area contributed by atoms with Crippen molar-refractivity contribution in [3.05, 3.63) is 88.6 Å². The van der Waals surface area contributed by atoms with Gasteiger partial charge in [-0.3, -0.25) is 15.0 Å². The van der Waals surface area contributed by atoms with Crippen LogP contribution in [0.2, 0.25) is 0 Å². The summed E-state index contributed by atoms with van der Waals surface area (Å²) in [6, 6.07) is 9.92. The molecule has 3 rings (SSSR count). The Morgan fingerprint density at radius 1 is 1.26 bits per heavy atom. The zero-order valence-corrected chi connectivity index (χ0v) is 17.3. The first-order chi connectivity index (χ1) is 14.7. The molecular weight excluding hydrogens is 402 g/mol. The highest BCUT2D eigenvalue weighted by Gasteiger charge is 2.21. The molecule has 1 heterocycles. The SMILES string of the molecule is CC(=O)NOC(C)c1c(F)cc(C2=CC=CN(Cc3ccc(C(=N)N)cc3)C2)cc1F. The first-order valence-electron chi connectivity index (χ1n) is 9.71. The summed E-state index contributed by atoms with van der Waals surface area (Å²) in [7, 11) is 0. The fourth-order valence-corrected chi connectivity index (χ4v) is 3.31. The number of halogens is 2. The molecule has 1 aliphatic rings. The number of hydrogen-bond donors (Lipinski definition) is 3. The van der Waals surface area contributed by atoms with Gasteiger partial charge in [-0.2, -0.15) is 0 Å². The maximum Gasteiger partial charge on any atom is 0.240 e. The molecule has 6 nitrogen and oxygen atoms in total. The van der Waals surface area contributed by atoms with Crippen LogP contribution in [0.1, 0.15) is 42.2 Å². The predicted octanol–water partition coefficient (Wildman–Crippen LogP) is 3.79. The van der Waals surface area contributed by atoms with Gasteiger partial charge in [0.05, 0.1) is 5.56 Å². The van der Waals surface area contributed by atoms with Gasteiger partial charge in [-0.15, -0.1) is 0 Å². The van der Waals surface area contributed by atoms with E-state index >= 15 is 0 Å². The van der Waals surface area contributed by atoms with Crippen LogP contribution < -0.4 is 11.2 Å². The second-order valence-electron chi connectivity index (χ2n) is 7.32. The maximum atomic E-state index is 14.7. The third-order valence-corrected chi connectivity index (χ3v) is 4.85. The van der Waals surface area contributed by atoms with Crippen molar-refractivity contribution in [2.45, 2.75) is 26.5 Å². The highest BCUT2D eigenvalue weighted by Crippen LogP contribution is 2.29. The maximum absolute atomic E-state index is 14.7. The van der Waals surface area contributed by atoms with Crippen molar-refractivity contribution in [2.75, 3.05) is 6.54 Å². The van der Waals surface area contributed by atoms with Crippen molar-refractivity contribution < 1.29 is 18.4 Å². The van der Waals surface area contributed by atoms with Gasteiger partial charge >= 0.3 is 0 Å². The summed E-state index contributed by atoms with van der Waals surface area (Å²) in [6.07, 6.45) is 4.58. The number of rotatable bonds is 7. The fraction of sp³-hybridized carbons (Fsp3) is 0.217. The number of carbonyl (C=O) groups excluding carboxylic acids is 1. The number of nitrogens with zero attached hydrogens (tertiary/aromatic N) is 1. The molecule has 1 unspecified atom stereocenters. The van der Waals surface area contributed by atoms with Crippen LogP contribution in [0.3, 0.4) is 0 Å². The Labute approximate surface area is 179 Å². The number of amidine groups is 1. The first-order valence-corrected chi connectivity index (χ1v) is 9.71. The van der Waals surface area contributed by atoms with E-state index in [1.54, 1.807) is 12.1 Å². The average Bonchev–Trinajstić information content (AvgIpc) is 2.72. The molecule has 162 valence electrons. The van der Waals surface area contributed by atoms with Crippen LogP contribution in [-0.4, -0.2) is 23.2 Å². The van der Waals surface area contributed by atoms with Gasteiger partial charge in [0, 0.05) is 25.6 Å². The molecule has 0 spiro atoms. The summed E-state index contributed by atoms with van der Waals surface area (Å²) in [5, 5.41) is 7.46. The molecule has 0 radical (unpaired) electrons. The molecule has 0 aliphatic carbocycles. The second kappa shape index (κ2) is 9.53. The van der Waals surface area contributed by atoms with Gasteiger partial charge in [-0.05, 0) is 48.0 Å². The van der Waals surface area contributed by atoms with Crippen LogP contribution in [0.25, 0.3) is 5.57 Å². The molecule has 0 bridgehead atoms. The molecule has 2 aromatic rings. The number of nitrogens with one attached hydrogen (secondary N) is 2. The molecular formula is C23H24F2N4O2. The monoisotopic (exact) mass is 426 g/mol. The van der Waals surface area contributed by atoms with Gasteiger partial charge in [0.15, 0.2) is 0 Å². The number of nitrogen functional groups attached to an aromatic ring is 1. The summed E-state index contributed by atoms with van der Waals surface area (Å²) in [4.78, 5) is 18.0. The Bertz CT molecular complexity index is 1030. The van der Waals surface area contributed by atoms with Gasteiger partial charge < -0.3 is 10.6 Å². The third-order valence-electron chi connectivity index (χ3n) is 4.85. The molecule has 2 aromatic carbocycles. The normalized spacial score (nSPS) is 14.2. The molecule has 4 N–H and O–H groups in total. The second-order valence-corrected chi connectivity index (χ2v) is 7.32. The Kier molecular flexibility index (Phi) is 6.81. The third kappa shape index (κ3) is 5.55. The number of nitrogens with two attached hydrogens (primary N) is 1. The zero-order chi connectivity index (χ0) is 22.5. The largest absolute Gasteiger partial charge is 0.384 e. The number of carbonyl (C=O) groups is 1. The zero-order valence-electron chi connectivity index (χ0n) is 17.3. The van der Waals surface area contributed by atoms with Crippen molar-refractivity contribution in [2.24, 2.45) is 5.73 Å². The van der Waals surface area contributed by atoms with E-state index in [4.69, 9.17) is 16.0 Å². The van der Waals surface area contributed by atoms with Crippen LogP contribution in [0.4, 0.5) is 8.78 Å². The van der Waals surface area contributed by atoms with Crippen molar-refractivity contribution in [3.8, 4) is 0 Å². The highest BCUT2D eigenvalue weighted by atomic mass is 19.1. The molecule has 0 aromatic heterocycles. The minimum Gasteiger partial charge on any atom is -0.384 e. The molecule has 1 aliphatic heterocycles. The minimum atomic E-state index is -0.979. The molecule has 8 heteroatoms. The molecule has 0 saturated heterocycles. The van der Waals surface area contributed by atoms with E-state index in [-0.39, 0.29) is 11.4 Å². The standard InChI is InChI=1S/C23H24F2N4O2/c1-14(31-28-15(2)30)22-20(24)10-19(11-21(22)25)18-4-3-9-29(13-18)12-16-5-7-17(8-6-16)23(26)27/h3-11,14H,12-13H2,1-2H3,(H3,26,27)(H,28,30). The van der Waals surface area contributed by atoms with E-state index < -0.39 is 23.6 Å². The number of hydroxylamine groups is 1. The predicted molar refractivity (Wildman–Crippen MR) is 115 cm³/mol. The molecule has 0 saturated carbocycles. The van der Waals surface area contributed by atoms with Gasteiger partial charge in [0.25, 0.3) is 0 Å².